The summed E-state index contributed by atoms with van der Waals surface area (Å²) in [5, 5.41) is 2.92. The lowest BCUT2D eigenvalue weighted by Crippen LogP contribution is -2.53. The predicted molar refractivity (Wildman–Crippen MR) is 120 cm³/mol. The Labute approximate surface area is 186 Å². The van der Waals surface area contributed by atoms with Crippen molar-refractivity contribution in [1.29, 1.82) is 0 Å². The Morgan fingerprint density at radius 1 is 1.06 bits per heavy atom. The number of fused-ring (bicyclic) bond motifs is 1. The second kappa shape index (κ2) is 10.1. The van der Waals surface area contributed by atoms with Gasteiger partial charge in [0.05, 0.1) is 12.5 Å². The summed E-state index contributed by atoms with van der Waals surface area (Å²) >= 11 is 1.60. The average Bonchev–Trinajstić information content (AvgIpc) is 3.37. The molecule has 2 aliphatic heterocycles. The number of likely N-dealkylation sites (tertiary alicyclic amines) is 1. The van der Waals surface area contributed by atoms with Gasteiger partial charge in [0.25, 0.3) is 0 Å². The molecule has 0 spiro atoms. The van der Waals surface area contributed by atoms with Crippen LogP contribution in [0.2, 0.25) is 0 Å². The van der Waals surface area contributed by atoms with Gasteiger partial charge in [-0.05, 0) is 17.5 Å². The maximum atomic E-state index is 13.4. The number of benzene rings is 2. The fourth-order valence-corrected chi connectivity index (χ4v) is 5.12. The van der Waals surface area contributed by atoms with E-state index < -0.39 is 12.1 Å². The minimum atomic E-state index is -0.683. The quantitative estimate of drug-likeness (QED) is 0.684. The van der Waals surface area contributed by atoms with E-state index in [1.807, 2.05) is 60.7 Å². The maximum Gasteiger partial charge on any atom is 0.246 e. The van der Waals surface area contributed by atoms with Gasteiger partial charge in [0.1, 0.15) is 18.7 Å². The molecular weight excluding hydrogens is 412 g/mol. The Hall–Kier alpha value is -2.64. The summed E-state index contributed by atoms with van der Waals surface area (Å²) in [7, 11) is 0. The molecule has 3 atom stereocenters. The molecule has 31 heavy (non-hydrogen) atoms. The molecule has 2 aromatic carbocycles. The highest BCUT2D eigenvalue weighted by molar-refractivity contribution is 7.98. The van der Waals surface area contributed by atoms with Gasteiger partial charge in [0.15, 0.2) is 5.78 Å². The van der Waals surface area contributed by atoms with Crippen LogP contribution >= 0.6 is 11.8 Å². The first kappa shape index (κ1) is 21.6. The molecule has 1 N–H and O–H groups in total. The highest BCUT2D eigenvalue weighted by Gasteiger charge is 2.47. The third-order valence-corrected chi connectivity index (χ3v) is 6.74. The zero-order valence-electron chi connectivity index (χ0n) is 17.2. The molecule has 2 saturated heterocycles. The number of ketones is 1. The Kier molecular flexibility index (Phi) is 7.04. The van der Waals surface area contributed by atoms with Crippen molar-refractivity contribution >= 4 is 29.4 Å². The highest BCUT2D eigenvalue weighted by atomic mass is 32.2. The smallest absolute Gasteiger partial charge is 0.246 e. The van der Waals surface area contributed by atoms with Gasteiger partial charge >= 0.3 is 0 Å². The summed E-state index contributed by atoms with van der Waals surface area (Å²) in [5.74, 6) is 0.731. The zero-order chi connectivity index (χ0) is 21.6. The molecule has 2 unspecified atom stereocenters. The number of nitrogens with one attached hydrogen (secondary N) is 1. The predicted octanol–water partition coefficient (Wildman–Crippen LogP) is 2.22. The number of thioether (sulfide) groups is 1. The molecule has 0 saturated carbocycles. The highest BCUT2D eigenvalue weighted by Crippen LogP contribution is 2.28. The Morgan fingerprint density at radius 2 is 1.74 bits per heavy atom. The van der Waals surface area contributed by atoms with Crippen LogP contribution in [0, 0.1) is 0 Å². The van der Waals surface area contributed by atoms with Crippen LogP contribution in [0.25, 0.3) is 0 Å². The molecule has 2 amide bonds. The van der Waals surface area contributed by atoms with E-state index in [-0.39, 0.29) is 36.7 Å². The van der Waals surface area contributed by atoms with Gasteiger partial charge in [-0.15, -0.1) is 0 Å². The van der Waals surface area contributed by atoms with Crippen LogP contribution in [0.1, 0.15) is 17.5 Å². The van der Waals surface area contributed by atoms with Gasteiger partial charge in [0.2, 0.25) is 11.8 Å². The summed E-state index contributed by atoms with van der Waals surface area (Å²) in [5.41, 5.74) is 2.05. The maximum absolute atomic E-state index is 13.4. The van der Waals surface area contributed by atoms with Crippen LogP contribution in [0.5, 0.6) is 0 Å². The standard InChI is InChI=1S/C24H26N2O4S/c27-20-14-30-21-11-12-26(23(20)21)24(29)19(16-31-15-18-9-5-2-6-10-18)25-22(28)13-17-7-3-1-4-8-17/h1-10,19,21,23H,11-16H2,(H,25,28)/t19-,21?,23?/m0/s1. The van der Waals surface area contributed by atoms with E-state index in [1.165, 1.54) is 0 Å². The number of nitrogens with zero attached hydrogens (tertiary/aromatic N) is 1. The van der Waals surface area contributed by atoms with Crippen molar-refractivity contribution in [2.24, 2.45) is 0 Å². The van der Waals surface area contributed by atoms with Crippen molar-refractivity contribution < 1.29 is 19.1 Å². The molecule has 0 radical (unpaired) electrons. The molecule has 2 aromatic rings. The van der Waals surface area contributed by atoms with Gasteiger partial charge in [0, 0.05) is 18.1 Å². The molecule has 2 fully saturated rings. The number of hydrogen-bond acceptors (Lipinski definition) is 5. The first-order valence-electron chi connectivity index (χ1n) is 10.5. The zero-order valence-corrected chi connectivity index (χ0v) is 18.1. The molecule has 2 heterocycles. The Morgan fingerprint density at radius 3 is 2.45 bits per heavy atom. The van der Waals surface area contributed by atoms with Crippen LogP contribution in [0.4, 0.5) is 0 Å². The molecule has 6 nitrogen and oxygen atoms in total. The van der Waals surface area contributed by atoms with Crippen LogP contribution < -0.4 is 5.32 Å². The van der Waals surface area contributed by atoms with Gasteiger partial charge in [-0.3, -0.25) is 14.4 Å². The van der Waals surface area contributed by atoms with Crippen molar-refractivity contribution in [3.05, 3.63) is 71.8 Å². The van der Waals surface area contributed by atoms with E-state index in [1.54, 1.807) is 16.7 Å². The number of Topliss-reactive ketones (excluding diaryl/α,β-unsaturated/α-hetero) is 1. The van der Waals surface area contributed by atoms with E-state index in [0.717, 1.165) is 16.9 Å². The first-order valence-corrected chi connectivity index (χ1v) is 11.7. The van der Waals surface area contributed by atoms with Gasteiger partial charge in [-0.2, -0.15) is 11.8 Å². The van der Waals surface area contributed by atoms with Crippen LogP contribution in [0.3, 0.4) is 0 Å². The molecular formula is C24H26N2O4S. The third kappa shape index (κ3) is 5.35. The summed E-state index contributed by atoms with van der Waals surface area (Å²) in [6, 6.07) is 18.3. The van der Waals surface area contributed by atoms with Gasteiger partial charge < -0.3 is 15.0 Å². The minimum absolute atomic E-state index is 0.0536. The van der Waals surface area contributed by atoms with Crippen molar-refractivity contribution in [2.45, 2.75) is 36.8 Å². The number of ether oxygens (including phenoxy) is 1. The fourth-order valence-electron chi connectivity index (χ4n) is 4.11. The Balaban J connectivity index is 1.42. The summed E-state index contributed by atoms with van der Waals surface area (Å²) in [6.45, 7) is 0.543. The van der Waals surface area contributed by atoms with E-state index in [4.69, 9.17) is 4.74 Å². The van der Waals surface area contributed by atoms with E-state index >= 15 is 0 Å². The van der Waals surface area contributed by atoms with Crippen LogP contribution in [0.15, 0.2) is 60.7 Å². The molecule has 2 aliphatic rings. The fraction of sp³-hybridized carbons (Fsp3) is 0.375. The molecule has 0 aliphatic carbocycles. The van der Waals surface area contributed by atoms with E-state index in [9.17, 15) is 14.4 Å². The van der Waals surface area contributed by atoms with Crippen molar-refractivity contribution in [2.75, 3.05) is 18.9 Å². The lowest BCUT2D eigenvalue weighted by molar-refractivity contribution is -0.139. The first-order chi connectivity index (χ1) is 15.1. The average molecular weight is 439 g/mol. The number of amides is 2. The van der Waals surface area contributed by atoms with Crippen molar-refractivity contribution in [3.63, 3.8) is 0 Å². The second-order valence-corrected chi connectivity index (χ2v) is 8.89. The van der Waals surface area contributed by atoms with Crippen molar-refractivity contribution in [3.8, 4) is 0 Å². The number of carbonyl (C=O) groups is 3. The van der Waals surface area contributed by atoms with Crippen LogP contribution in [-0.2, 0) is 31.3 Å². The minimum Gasteiger partial charge on any atom is -0.368 e. The van der Waals surface area contributed by atoms with Crippen LogP contribution in [-0.4, -0.2) is 59.6 Å². The summed E-state index contributed by atoms with van der Waals surface area (Å²) in [4.78, 5) is 39.9. The summed E-state index contributed by atoms with van der Waals surface area (Å²) < 4.78 is 5.51. The Bertz CT molecular complexity index is 922. The normalized spacial score (nSPS) is 21.0. The lowest BCUT2D eigenvalue weighted by atomic mass is 10.1. The van der Waals surface area contributed by atoms with E-state index in [0.29, 0.717) is 18.7 Å². The summed E-state index contributed by atoms with van der Waals surface area (Å²) in [6.07, 6.45) is 0.653. The monoisotopic (exact) mass is 438 g/mol. The van der Waals surface area contributed by atoms with Crippen molar-refractivity contribution in [1.82, 2.24) is 10.2 Å². The van der Waals surface area contributed by atoms with Gasteiger partial charge in [-0.25, -0.2) is 0 Å². The molecule has 162 valence electrons. The van der Waals surface area contributed by atoms with Gasteiger partial charge in [-0.1, -0.05) is 60.7 Å². The number of hydrogen-bond donors (Lipinski definition) is 1. The topological polar surface area (TPSA) is 75.7 Å². The van der Waals surface area contributed by atoms with E-state index in [2.05, 4.69) is 5.32 Å². The molecule has 7 heteroatoms. The largest absolute Gasteiger partial charge is 0.368 e. The lowest BCUT2D eigenvalue weighted by Gasteiger charge is -2.27. The second-order valence-electron chi connectivity index (χ2n) is 7.86. The molecule has 0 aromatic heterocycles. The third-order valence-electron chi connectivity index (χ3n) is 5.63. The number of carbonyl (C=O) groups excluding carboxylic acids is 3. The SMILES string of the molecule is O=C(Cc1ccccc1)N[C@@H](CSCc1ccccc1)C(=O)N1CCC2OCC(=O)C21. The molecule has 4 rings (SSSR count). The molecule has 0 bridgehead atoms. The number of rotatable bonds is 8.